The molecular weight excluding hydrogens is 340 g/mol. The van der Waals surface area contributed by atoms with Crippen LogP contribution in [0.15, 0.2) is 12.4 Å². The average Bonchev–Trinajstić information content (AvgIpc) is 3.16. The summed E-state index contributed by atoms with van der Waals surface area (Å²) in [4.78, 5) is 14.6. The summed E-state index contributed by atoms with van der Waals surface area (Å²) < 4.78 is 25.0. The Hall–Kier alpha value is -1.41. The zero-order valence-electron chi connectivity index (χ0n) is 14.9. The second-order valence-electron chi connectivity index (χ2n) is 7.28. The summed E-state index contributed by atoms with van der Waals surface area (Å²) in [6.07, 6.45) is 8.09. The van der Waals surface area contributed by atoms with Crippen LogP contribution in [0.3, 0.4) is 0 Å². The summed E-state index contributed by atoms with van der Waals surface area (Å²) in [6, 6.07) is 0.161. The number of sulfone groups is 1. The van der Waals surface area contributed by atoms with Crippen LogP contribution in [0.2, 0.25) is 0 Å². The molecule has 2 aliphatic heterocycles. The Morgan fingerprint density at radius 1 is 1.32 bits per heavy atom. The summed E-state index contributed by atoms with van der Waals surface area (Å²) in [6.45, 7) is 2.34. The number of nitrogens with zero attached hydrogens (tertiary/aromatic N) is 3. The standard InChI is InChI=1S/C17H28N4O3S/c1-20-12-14(11-19-20)3-2-7-18-17(22)15-4-8-21(9-5-15)16-6-10-25(23,24)13-16/h11-12,15-16H,2-10,13H2,1H3,(H,18,22). The lowest BCUT2D eigenvalue weighted by Gasteiger charge is -2.34. The van der Waals surface area contributed by atoms with Gasteiger partial charge >= 0.3 is 0 Å². The molecule has 2 aliphatic rings. The topological polar surface area (TPSA) is 84.3 Å². The molecule has 2 fully saturated rings. The second-order valence-corrected chi connectivity index (χ2v) is 9.51. The van der Waals surface area contributed by atoms with E-state index in [4.69, 9.17) is 0 Å². The normalized spacial score (nSPS) is 24.4. The van der Waals surface area contributed by atoms with Gasteiger partial charge in [-0.2, -0.15) is 5.10 Å². The quantitative estimate of drug-likeness (QED) is 0.734. The van der Waals surface area contributed by atoms with E-state index in [-0.39, 0.29) is 23.6 Å². The molecule has 1 unspecified atom stereocenters. The number of carbonyl (C=O) groups excluding carboxylic acids is 1. The fraction of sp³-hybridized carbons (Fsp3) is 0.765. The van der Waals surface area contributed by atoms with Crippen molar-refractivity contribution in [2.24, 2.45) is 13.0 Å². The number of aryl methyl sites for hydroxylation is 2. The fourth-order valence-corrected chi connectivity index (χ4v) is 5.60. The number of amides is 1. The van der Waals surface area contributed by atoms with E-state index in [9.17, 15) is 13.2 Å². The van der Waals surface area contributed by atoms with E-state index >= 15 is 0 Å². The van der Waals surface area contributed by atoms with E-state index < -0.39 is 9.84 Å². The summed E-state index contributed by atoms with van der Waals surface area (Å²) in [5.41, 5.74) is 1.19. The molecule has 0 saturated carbocycles. The number of rotatable bonds is 6. The van der Waals surface area contributed by atoms with Crippen LogP contribution in [0.4, 0.5) is 0 Å². The second kappa shape index (κ2) is 7.86. The van der Waals surface area contributed by atoms with Gasteiger partial charge in [0.1, 0.15) is 0 Å². The highest BCUT2D eigenvalue weighted by atomic mass is 32.2. The predicted octanol–water partition coefficient (Wildman–Crippen LogP) is 0.368. The highest BCUT2D eigenvalue weighted by molar-refractivity contribution is 7.91. The Kier molecular flexibility index (Phi) is 5.78. The van der Waals surface area contributed by atoms with Crippen LogP contribution in [-0.4, -0.2) is 66.2 Å². The van der Waals surface area contributed by atoms with Gasteiger partial charge in [0.25, 0.3) is 0 Å². The molecule has 3 rings (SSSR count). The molecule has 25 heavy (non-hydrogen) atoms. The zero-order chi connectivity index (χ0) is 17.9. The molecule has 8 heteroatoms. The van der Waals surface area contributed by atoms with E-state index in [0.29, 0.717) is 12.3 Å². The van der Waals surface area contributed by atoms with Crippen molar-refractivity contribution < 1.29 is 13.2 Å². The van der Waals surface area contributed by atoms with Crippen molar-refractivity contribution in [1.29, 1.82) is 0 Å². The monoisotopic (exact) mass is 368 g/mol. The fourth-order valence-electron chi connectivity index (χ4n) is 3.84. The zero-order valence-corrected chi connectivity index (χ0v) is 15.7. The first-order chi connectivity index (χ1) is 11.9. The highest BCUT2D eigenvalue weighted by Gasteiger charge is 2.35. The number of piperidine rings is 1. The molecule has 0 aliphatic carbocycles. The molecular formula is C17H28N4O3S. The molecule has 1 aromatic rings. The van der Waals surface area contributed by atoms with Gasteiger partial charge in [-0.3, -0.25) is 14.4 Å². The Morgan fingerprint density at radius 3 is 2.68 bits per heavy atom. The van der Waals surface area contributed by atoms with Gasteiger partial charge in [0.05, 0.1) is 17.7 Å². The lowest BCUT2D eigenvalue weighted by molar-refractivity contribution is -0.126. The van der Waals surface area contributed by atoms with Crippen molar-refractivity contribution in [3.05, 3.63) is 18.0 Å². The van der Waals surface area contributed by atoms with Crippen LogP contribution in [-0.2, 0) is 28.1 Å². The summed E-state index contributed by atoms with van der Waals surface area (Å²) in [5.74, 6) is 0.810. The van der Waals surface area contributed by atoms with Gasteiger partial charge in [0.2, 0.25) is 5.91 Å². The number of aromatic nitrogens is 2. The van der Waals surface area contributed by atoms with Gasteiger partial charge in [-0.05, 0) is 50.8 Å². The van der Waals surface area contributed by atoms with Crippen LogP contribution in [0.1, 0.15) is 31.2 Å². The van der Waals surface area contributed by atoms with Gasteiger partial charge in [-0.1, -0.05) is 0 Å². The minimum Gasteiger partial charge on any atom is -0.356 e. The third-order valence-corrected chi connectivity index (χ3v) is 7.08. The van der Waals surface area contributed by atoms with Crippen LogP contribution in [0.25, 0.3) is 0 Å². The van der Waals surface area contributed by atoms with E-state index in [0.717, 1.165) is 45.2 Å². The maximum atomic E-state index is 12.3. The summed E-state index contributed by atoms with van der Waals surface area (Å²) in [5, 5.41) is 7.19. The minimum absolute atomic E-state index is 0.0626. The molecule has 0 bridgehead atoms. The molecule has 1 N–H and O–H groups in total. The molecule has 3 heterocycles. The lowest BCUT2D eigenvalue weighted by Crippen LogP contribution is -2.45. The maximum absolute atomic E-state index is 12.3. The summed E-state index contributed by atoms with van der Waals surface area (Å²) in [7, 11) is -0.937. The molecule has 0 radical (unpaired) electrons. The SMILES string of the molecule is Cn1cc(CCCNC(=O)C2CCN(C3CCS(=O)(=O)C3)CC2)cn1. The molecule has 1 aromatic heterocycles. The van der Waals surface area contributed by atoms with Gasteiger partial charge in [-0.25, -0.2) is 8.42 Å². The minimum atomic E-state index is -2.84. The third-order valence-electron chi connectivity index (χ3n) is 5.32. The predicted molar refractivity (Wildman–Crippen MR) is 95.9 cm³/mol. The van der Waals surface area contributed by atoms with Crippen molar-refractivity contribution in [2.45, 2.75) is 38.1 Å². The molecule has 1 amide bonds. The Balaban J connectivity index is 1.34. The molecule has 0 spiro atoms. The summed E-state index contributed by atoms with van der Waals surface area (Å²) >= 11 is 0. The van der Waals surface area contributed by atoms with Crippen LogP contribution in [0.5, 0.6) is 0 Å². The Morgan fingerprint density at radius 2 is 2.08 bits per heavy atom. The Labute approximate surface area is 149 Å². The third kappa shape index (κ3) is 5.04. The van der Waals surface area contributed by atoms with Gasteiger partial charge < -0.3 is 5.32 Å². The van der Waals surface area contributed by atoms with Crippen LogP contribution >= 0.6 is 0 Å². The van der Waals surface area contributed by atoms with E-state index in [1.54, 1.807) is 4.68 Å². The lowest BCUT2D eigenvalue weighted by atomic mass is 9.94. The van der Waals surface area contributed by atoms with Gasteiger partial charge in [-0.15, -0.1) is 0 Å². The van der Waals surface area contributed by atoms with Gasteiger partial charge in [0.15, 0.2) is 9.84 Å². The molecule has 7 nitrogen and oxygen atoms in total. The molecule has 1 atom stereocenters. The molecule has 140 valence electrons. The van der Waals surface area contributed by atoms with Crippen molar-refractivity contribution in [3.8, 4) is 0 Å². The van der Waals surface area contributed by atoms with Crippen molar-refractivity contribution in [3.63, 3.8) is 0 Å². The number of nitrogens with one attached hydrogen (secondary N) is 1. The van der Waals surface area contributed by atoms with Crippen molar-refractivity contribution >= 4 is 15.7 Å². The molecule has 0 aromatic carbocycles. The number of likely N-dealkylation sites (tertiary alicyclic amines) is 1. The number of carbonyl (C=O) groups is 1. The number of hydrogen-bond acceptors (Lipinski definition) is 5. The van der Waals surface area contributed by atoms with E-state index in [1.165, 1.54) is 5.56 Å². The molecule has 2 saturated heterocycles. The first kappa shape index (κ1) is 18.4. The van der Waals surface area contributed by atoms with Crippen molar-refractivity contribution in [1.82, 2.24) is 20.0 Å². The van der Waals surface area contributed by atoms with Crippen LogP contribution < -0.4 is 5.32 Å². The van der Waals surface area contributed by atoms with Crippen LogP contribution in [0, 0.1) is 5.92 Å². The smallest absolute Gasteiger partial charge is 0.223 e. The largest absolute Gasteiger partial charge is 0.356 e. The first-order valence-electron chi connectivity index (χ1n) is 9.13. The van der Waals surface area contributed by atoms with Crippen molar-refractivity contribution in [2.75, 3.05) is 31.1 Å². The van der Waals surface area contributed by atoms with E-state index in [1.807, 2.05) is 19.4 Å². The van der Waals surface area contributed by atoms with Gasteiger partial charge in [0, 0.05) is 31.7 Å². The first-order valence-corrected chi connectivity index (χ1v) is 10.9. The van der Waals surface area contributed by atoms with E-state index in [2.05, 4.69) is 15.3 Å². The average molecular weight is 369 g/mol. The Bertz CT molecular complexity index is 693. The number of hydrogen-bond donors (Lipinski definition) is 1. The maximum Gasteiger partial charge on any atom is 0.223 e. The highest BCUT2D eigenvalue weighted by Crippen LogP contribution is 2.24.